The van der Waals surface area contributed by atoms with Gasteiger partial charge in [0.2, 0.25) is 0 Å². The maximum atomic E-state index is 5.97. The number of hydrogen-bond acceptors (Lipinski definition) is 3. The topological polar surface area (TPSA) is 27.7 Å². The first kappa shape index (κ1) is 17.1. The van der Waals surface area contributed by atoms with Crippen LogP contribution in [0.5, 0.6) is 11.5 Å². The maximum Gasteiger partial charge on any atom is 0.133 e. The lowest BCUT2D eigenvalue weighted by molar-refractivity contribution is 0.0510. The Hall–Kier alpha value is -0.260. The molecule has 3 nitrogen and oxygen atoms in total. The third-order valence-corrected chi connectivity index (χ3v) is 6.18. The SMILES string of the molecule is COc1cc(C(Br)C2C(C)OC(C)C2C)c(OC)cc1Br. The first-order valence-corrected chi connectivity index (χ1v) is 8.82. The Labute approximate surface area is 143 Å². The summed E-state index contributed by atoms with van der Waals surface area (Å²) in [5.74, 6) is 2.52. The van der Waals surface area contributed by atoms with Crippen LogP contribution in [0.25, 0.3) is 0 Å². The van der Waals surface area contributed by atoms with Crippen molar-refractivity contribution in [1.29, 1.82) is 0 Å². The van der Waals surface area contributed by atoms with Gasteiger partial charge < -0.3 is 14.2 Å². The van der Waals surface area contributed by atoms with E-state index in [9.17, 15) is 0 Å². The van der Waals surface area contributed by atoms with E-state index >= 15 is 0 Å². The van der Waals surface area contributed by atoms with Crippen molar-refractivity contribution in [2.24, 2.45) is 11.8 Å². The molecule has 0 amide bonds. The van der Waals surface area contributed by atoms with Crippen LogP contribution < -0.4 is 9.47 Å². The fourth-order valence-electron chi connectivity index (χ4n) is 3.11. The smallest absolute Gasteiger partial charge is 0.133 e. The molecule has 0 radical (unpaired) electrons. The Morgan fingerprint density at radius 1 is 1.05 bits per heavy atom. The van der Waals surface area contributed by atoms with E-state index in [-0.39, 0.29) is 17.0 Å². The Morgan fingerprint density at radius 2 is 1.67 bits per heavy atom. The average Bonchev–Trinajstić information content (AvgIpc) is 2.71. The van der Waals surface area contributed by atoms with Gasteiger partial charge in [-0.3, -0.25) is 0 Å². The second-order valence-corrected chi connectivity index (χ2v) is 7.45. The Morgan fingerprint density at radius 3 is 2.14 bits per heavy atom. The fraction of sp³-hybridized carbons (Fsp3) is 0.625. The van der Waals surface area contributed by atoms with E-state index < -0.39 is 0 Å². The van der Waals surface area contributed by atoms with E-state index in [1.807, 2.05) is 12.1 Å². The van der Waals surface area contributed by atoms with Gasteiger partial charge in [-0.1, -0.05) is 22.9 Å². The Kier molecular flexibility index (Phi) is 5.60. The number of hydrogen-bond donors (Lipinski definition) is 0. The zero-order chi connectivity index (χ0) is 15.7. The highest BCUT2D eigenvalue weighted by Crippen LogP contribution is 2.48. The summed E-state index contributed by atoms with van der Waals surface area (Å²) in [6.07, 6.45) is 0.479. The molecule has 0 aromatic heterocycles. The molecule has 1 aromatic rings. The molecule has 21 heavy (non-hydrogen) atoms. The van der Waals surface area contributed by atoms with Gasteiger partial charge in [-0.15, -0.1) is 0 Å². The zero-order valence-electron chi connectivity index (χ0n) is 13.0. The molecule has 5 atom stereocenters. The highest BCUT2D eigenvalue weighted by molar-refractivity contribution is 9.10. The lowest BCUT2D eigenvalue weighted by Gasteiger charge is -2.26. The van der Waals surface area contributed by atoms with E-state index in [0.29, 0.717) is 11.8 Å². The van der Waals surface area contributed by atoms with Gasteiger partial charge in [-0.2, -0.15) is 0 Å². The van der Waals surface area contributed by atoms with E-state index in [4.69, 9.17) is 14.2 Å². The molecule has 0 aliphatic carbocycles. The summed E-state index contributed by atoms with van der Waals surface area (Å²) in [4.78, 5) is 0.157. The fourth-order valence-corrected chi connectivity index (χ4v) is 4.86. The molecule has 0 saturated carbocycles. The van der Waals surface area contributed by atoms with E-state index in [1.54, 1.807) is 14.2 Å². The largest absolute Gasteiger partial charge is 0.496 e. The van der Waals surface area contributed by atoms with E-state index in [0.717, 1.165) is 21.5 Å². The molecule has 0 bridgehead atoms. The molecule has 1 saturated heterocycles. The molecule has 2 rings (SSSR count). The number of ether oxygens (including phenoxy) is 3. The molecule has 5 heteroatoms. The van der Waals surface area contributed by atoms with Crippen LogP contribution in [0.1, 0.15) is 31.2 Å². The van der Waals surface area contributed by atoms with Crippen molar-refractivity contribution >= 4 is 31.9 Å². The van der Waals surface area contributed by atoms with Gasteiger partial charge in [0.25, 0.3) is 0 Å². The van der Waals surface area contributed by atoms with Gasteiger partial charge >= 0.3 is 0 Å². The van der Waals surface area contributed by atoms with Crippen molar-refractivity contribution in [1.82, 2.24) is 0 Å². The lowest BCUT2D eigenvalue weighted by atomic mass is 9.84. The Bertz CT molecular complexity index is 507. The van der Waals surface area contributed by atoms with Crippen LogP contribution in [-0.4, -0.2) is 26.4 Å². The minimum absolute atomic E-state index is 0.157. The van der Waals surface area contributed by atoms with Gasteiger partial charge in [0.1, 0.15) is 11.5 Å². The summed E-state index contributed by atoms with van der Waals surface area (Å²) in [6.45, 7) is 6.53. The first-order valence-electron chi connectivity index (χ1n) is 7.11. The van der Waals surface area contributed by atoms with Crippen molar-refractivity contribution in [3.8, 4) is 11.5 Å². The molecule has 1 heterocycles. The average molecular weight is 422 g/mol. The molecule has 1 fully saturated rings. The quantitative estimate of drug-likeness (QED) is 0.643. The summed E-state index contributed by atoms with van der Waals surface area (Å²) < 4.78 is 17.8. The predicted octanol–water partition coefficient (Wildman–Crippen LogP) is 4.96. The van der Waals surface area contributed by atoms with Crippen molar-refractivity contribution < 1.29 is 14.2 Å². The van der Waals surface area contributed by atoms with Crippen molar-refractivity contribution in [3.05, 3.63) is 22.2 Å². The zero-order valence-corrected chi connectivity index (χ0v) is 16.2. The van der Waals surface area contributed by atoms with Gasteiger partial charge in [0.15, 0.2) is 0 Å². The number of methoxy groups -OCH3 is 2. The molecule has 1 aliphatic heterocycles. The lowest BCUT2D eigenvalue weighted by Crippen LogP contribution is -2.22. The maximum absolute atomic E-state index is 5.97. The minimum atomic E-state index is 0.157. The highest BCUT2D eigenvalue weighted by atomic mass is 79.9. The van der Waals surface area contributed by atoms with Gasteiger partial charge in [-0.05, 0) is 47.8 Å². The monoisotopic (exact) mass is 420 g/mol. The van der Waals surface area contributed by atoms with E-state index in [1.165, 1.54) is 0 Å². The van der Waals surface area contributed by atoms with Crippen LogP contribution in [0.4, 0.5) is 0 Å². The van der Waals surface area contributed by atoms with Crippen LogP contribution >= 0.6 is 31.9 Å². The third-order valence-electron chi connectivity index (χ3n) is 4.46. The van der Waals surface area contributed by atoms with Crippen molar-refractivity contribution in [2.75, 3.05) is 14.2 Å². The van der Waals surface area contributed by atoms with Crippen LogP contribution in [0.3, 0.4) is 0 Å². The van der Waals surface area contributed by atoms with Gasteiger partial charge in [0, 0.05) is 16.3 Å². The van der Waals surface area contributed by atoms with Gasteiger partial charge in [0.05, 0.1) is 30.9 Å². The third kappa shape index (κ3) is 3.25. The highest BCUT2D eigenvalue weighted by Gasteiger charge is 2.42. The molecular formula is C16H22Br2O3. The molecule has 118 valence electrons. The minimum Gasteiger partial charge on any atom is -0.496 e. The summed E-state index contributed by atoms with van der Waals surface area (Å²) in [5, 5.41) is 0. The number of alkyl halides is 1. The van der Waals surface area contributed by atoms with Crippen LogP contribution in [0.15, 0.2) is 16.6 Å². The van der Waals surface area contributed by atoms with Crippen LogP contribution in [-0.2, 0) is 4.74 Å². The summed E-state index contributed by atoms with van der Waals surface area (Å²) in [7, 11) is 3.36. The number of rotatable bonds is 4. The van der Waals surface area contributed by atoms with Crippen LogP contribution in [0, 0.1) is 11.8 Å². The standard InChI is InChI=1S/C16H22Br2O3/c1-8-9(2)21-10(3)15(8)16(18)11-6-14(20-5)12(17)7-13(11)19-4/h6-10,15-16H,1-5H3. The Balaban J connectivity index is 2.40. The number of halogens is 2. The molecule has 1 aromatic carbocycles. The summed E-state index contributed by atoms with van der Waals surface area (Å²) >= 11 is 7.37. The number of benzene rings is 1. The molecule has 1 aliphatic rings. The predicted molar refractivity (Wildman–Crippen MR) is 91.6 cm³/mol. The molecular weight excluding hydrogens is 400 g/mol. The normalized spacial score (nSPS) is 30.2. The van der Waals surface area contributed by atoms with E-state index in [2.05, 4.69) is 52.6 Å². The second kappa shape index (κ2) is 6.88. The second-order valence-electron chi connectivity index (χ2n) is 5.61. The van der Waals surface area contributed by atoms with Crippen molar-refractivity contribution in [2.45, 2.75) is 37.8 Å². The summed E-state index contributed by atoms with van der Waals surface area (Å²) in [5.41, 5.74) is 1.10. The van der Waals surface area contributed by atoms with Crippen molar-refractivity contribution in [3.63, 3.8) is 0 Å². The van der Waals surface area contributed by atoms with Gasteiger partial charge in [-0.25, -0.2) is 0 Å². The molecule has 0 N–H and O–H groups in total. The first-order chi connectivity index (χ1) is 9.90. The molecule has 5 unspecified atom stereocenters. The molecule has 0 spiro atoms. The van der Waals surface area contributed by atoms with Crippen LogP contribution in [0.2, 0.25) is 0 Å². The summed E-state index contributed by atoms with van der Waals surface area (Å²) in [6, 6.07) is 3.99.